The summed E-state index contributed by atoms with van der Waals surface area (Å²) in [4.78, 5) is 52.3. The molecule has 0 saturated carbocycles. The van der Waals surface area contributed by atoms with Crippen molar-refractivity contribution in [1.82, 2.24) is 4.90 Å². The van der Waals surface area contributed by atoms with Gasteiger partial charge in [0.1, 0.15) is 5.75 Å². The third-order valence-corrected chi connectivity index (χ3v) is 4.97. The number of methoxy groups -OCH3 is 1. The Kier molecular flexibility index (Phi) is 4.75. The molecular formula is C21H18N2O6. The van der Waals surface area contributed by atoms with Gasteiger partial charge >= 0.3 is 5.97 Å². The molecule has 0 aromatic heterocycles. The maximum absolute atomic E-state index is 12.9. The van der Waals surface area contributed by atoms with Gasteiger partial charge in [0.2, 0.25) is 12.0 Å². The second-order valence-electron chi connectivity index (χ2n) is 6.66. The number of imide groups is 1. The Morgan fingerprint density at radius 1 is 1.03 bits per heavy atom. The molecule has 0 N–H and O–H groups in total. The van der Waals surface area contributed by atoms with Crippen molar-refractivity contribution >= 4 is 29.4 Å². The van der Waals surface area contributed by atoms with Crippen molar-refractivity contribution in [1.29, 1.82) is 0 Å². The average Bonchev–Trinajstić information content (AvgIpc) is 3.00. The lowest BCUT2D eigenvalue weighted by molar-refractivity contribution is -0.148. The van der Waals surface area contributed by atoms with Crippen molar-refractivity contribution in [3.05, 3.63) is 59.7 Å². The number of rotatable bonds is 4. The Balaban J connectivity index is 1.51. The van der Waals surface area contributed by atoms with E-state index in [0.29, 0.717) is 22.6 Å². The van der Waals surface area contributed by atoms with Gasteiger partial charge in [0.25, 0.3) is 11.8 Å². The molecule has 0 radical (unpaired) electrons. The monoisotopic (exact) mass is 394 g/mol. The Morgan fingerprint density at radius 3 is 2.31 bits per heavy atom. The Hall–Kier alpha value is -3.68. The van der Waals surface area contributed by atoms with E-state index < -0.39 is 23.9 Å². The van der Waals surface area contributed by atoms with Crippen LogP contribution in [0.2, 0.25) is 0 Å². The number of hydrogen-bond donors (Lipinski definition) is 0. The van der Waals surface area contributed by atoms with Gasteiger partial charge < -0.3 is 14.4 Å². The van der Waals surface area contributed by atoms with E-state index in [1.807, 2.05) is 0 Å². The Labute approximate surface area is 166 Å². The van der Waals surface area contributed by atoms with Gasteiger partial charge in [-0.1, -0.05) is 24.3 Å². The van der Waals surface area contributed by atoms with Crippen molar-refractivity contribution in [3.63, 3.8) is 0 Å². The number of fused-ring (bicyclic) bond motifs is 2. The van der Waals surface area contributed by atoms with Gasteiger partial charge in [0.15, 0.2) is 0 Å². The van der Waals surface area contributed by atoms with Crippen LogP contribution in [0.5, 0.6) is 5.75 Å². The van der Waals surface area contributed by atoms with Crippen LogP contribution in [0.15, 0.2) is 48.5 Å². The van der Waals surface area contributed by atoms with Gasteiger partial charge in [-0.05, 0) is 24.3 Å². The van der Waals surface area contributed by atoms with Gasteiger partial charge in [-0.2, -0.15) is 0 Å². The van der Waals surface area contributed by atoms with Crippen LogP contribution in [-0.2, 0) is 14.3 Å². The lowest BCUT2D eigenvalue weighted by Gasteiger charge is -2.33. The number of benzene rings is 2. The smallest absolute Gasteiger partial charge is 0.348 e. The summed E-state index contributed by atoms with van der Waals surface area (Å²) in [5, 5.41) is 0. The fourth-order valence-corrected chi connectivity index (χ4v) is 3.51. The van der Waals surface area contributed by atoms with Crippen LogP contribution in [0.25, 0.3) is 0 Å². The van der Waals surface area contributed by atoms with Gasteiger partial charge in [-0.25, -0.2) is 4.79 Å². The number of carbonyl (C=O) groups is 4. The molecule has 2 aliphatic heterocycles. The zero-order chi connectivity index (χ0) is 20.5. The van der Waals surface area contributed by atoms with Crippen molar-refractivity contribution in [2.45, 2.75) is 12.5 Å². The van der Waals surface area contributed by atoms with Crippen LogP contribution in [0, 0.1) is 0 Å². The number of hydrogen-bond acceptors (Lipinski definition) is 6. The lowest BCUT2D eigenvalue weighted by atomic mass is 10.1. The molecule has 29 heavy (non-hydrogen) atoms. The molecule has 2 heterocycles. The largest absolute Gasteiger partial charge is 0.475 e. The number of esters is 1. The summed E-state index contributed by atoms with van der Waals surface area (Å²) in [7, 11) is 1.25. The fraction of sp³-hybridized carbons (Fsp3) is 0.238. The molecule has 2 aromatic rings. The summed E-state index contributed by atoms with van der Waals surface area (Å²) < 4.78 is 10.4. The molecule has 8 nitrogen and oxygen atoms in total. The van der Waals surface area contributed by atoms with Crippen LogP contribution in [-0.4, -0.2) is 54.9 Å². The molecule has 0 saturated heterocycles. The highest BCUT2D eigenvalue weighted by molar-refractivity contribution is 6.21. The number of anilines is 1. The van der Waals surface area contributed by atoms with E-state index in [1.54, 1.807) is 48.5 Å². The van der Waals surface area contributed by atoms with Gasteiger partial charge in [0, 0.05) is 13.0 Å². The third kappa shape index (κ3) is 3.22. The highest BCUT2D eigenvalue weighted by Crippen LogP contribution is 2.34. The SMILES string of the molecule is COC(=O)[C@H]1CN(C(=O)CCN2C(=O)c3ccccc3C2=O)c2ccccc2O1. The Morgan fingerprint density at radius 2 is 1.66 bits per heavy atom. The van der Waals surface area contributed by atoms with E-state index in [4.69, 9.17) is 9.47 Å². The molecule has 8 heteroatoms. The summed E-state index contributed by atoms with van der Waals surface area (Å²) in [6.45, 7) is -0.0573. The molecule has 0 unspecified atom stereocenters. The Bertz CT molecular complexity index is 983. The minimum atomic E-state index is -0.946. The van der Waals surface area contributed by atoms with Crippen LogP contribution >= 0.6 is 0 Å². The van der Waals surface area contributed by atoms with E-state index in [0.717, 1.165) is 4.90 Å². The highest BCUT2D eigenvalue weighted by Gasteiger charge is 2.37. The summed E-state index contributed by atoms with van der Waals surface area (Å²) in [5.74, 6) is -1.34. The summed E-state index contributed by atoms with van der Waals surface area (Å²) in [5.41, 5.74) is 1.21. The first-order valence-electron chi connectivity index (χ1n) is 9.10. The topological polar surface area (TPSA) is 93.2 Å². The van der Waals surface area contributed by atoms with Gasteiger partial charge in [0.05, 0.1) is 30.5 Å². The number of carbonyl (C=O) groups excluding carboxylic acids is 4. The molecular weight excluding hydrogens is 376 g/mol. The van der Waals surface area contributed by atoms with Crippen LogP contribution in [0.4, 0.5) is 5.69 Å². The lowest BCUT2D eigenvalue weighted by Crippen LogP contribution is -2.48. The zero-order valence-corrected chi connectivity index (χ0v) is 15.7. The van der Waals surface area contributed by atoms with Crippen molar-refractivity contribution in [3.8, 4) is 5.75 Å². The number of para-hydroxylation sites is 2. The van der Waals surface area contributed by atoms with Crippen molar-refractivity contribution in [2.75, 3.05) is 25.1 Å². The first kappa shape index (κ1) is 18.7. The minimum absolute atomic E-state index is 0.00929. The van der Waals surface area contributed by atoms with Gasteiger partial charge in [-0.15, -0.1) is 0 Å². The number of nitrogens with zero attached hydrogens (tertiary/aromatic N) is 2. The fourth-order valence-electron chi connectivity index (χ4n) is 3.51. The quantitative estimate of drug-likeness (QED) is 0.578. The van der Waals surface area contributed by atoms with Crippen LogP contribution in [0.1, 0.15) is 27.1 Å². The summed E-state index contributed by atoms with van der Waals surface area (Å²) in [6.07, 6.45) is -1.02. The van der Waals surface area contributed by atoms with Gasteiger partial charge in [-0.3, -0.25) is 19.3 Å². The molecule has 2 aromatic carbocycles. The van der Waals surface area contributed by atoms with Crippen molar-refractivity contribution in [2.24, 2.45) is 0 Å². The molecule has 0 bridgehead atoms. The molecule has 2 aliphatic rings. The maximum Gasteiger partial charge on any atom is 0.348 e. The van der Waals surface area contributed by atoms with Crippen LogP contribution < -0.4 is 9.64 Å². The molecule has 3 amide bonds. The van der Waals surface area contributed by atoms with Crippen molar-refractivity contribution < 1.29 is 28.7 Å². The molecule has 1 atom stereocenters. The molecule has 148 valence electrons. The predicted molar refractivity (Wildman–Crippen MR) is 102 cm³/mol. The third-order valence-electron chi connectivity index (χ3n) is 4.97. The number of amides is 3. The van der Waals surface area contributed by atoms with E-state index in [1.165, 1.54) is 12.0 Å². The summed E-state index contributed by atoms with van der Waals surface area (Å²) >= 11 is 0. The van der Waals surface area contributed by atoms with E-state index in [2.05, 4.69) is 0 Å². The summed E-state index contributed by atoms with van der Waals surface area (Å²) in [6, 6.07) is 13.4. The van der Waals surface area contributed by atoms with Crippen LogP contribution in [0.3, 0.4) is 0 Å². The zero-order valence-electron chi connectivity index (χ0n) is 15.7. The molecule has 0 fully saturated rings. The molecule has 0 spiro atoms. The highest BCUT2D eigenvalue weighted by atomic mass is 16.6. The van der Waals surface area contributed by atoms with E-state index in [9.17, 15) is 19.2 Å². The van der Waals surface area contributed by atoms with E-state index in [-0.39, 0.29) is 25.4 Å². The molecule has 0 aliphatic carbocycles. The predicted octanol–water partition coefficient (Wildman–Crippen LogP) is 1.64. The number of ether oxygens (including phenoxy) is 2. The average molecular weight is 394 g/mol. The maximum atomic E-state index is 12.9. The first-order valence-corrected chi connectivity index (χ1v) is 9.10. The molecule has 4 rings (SSSR count). The second-order valence-corrected chi connectivity index (χ2v) is 6.66. The van der Waals surface area contributed by atoms with E-state index >= 15 is 0 Å². The first-order chi connectivity index (χ1) is 14.0. The standard InChI is InChI=1S/C21H18N2O6/c1-28-21(27)17-12-23(15-8-4-5-9-16(15)29-17)18(24)10-11-22-19(25)13-6-2-3-7-14(13)20(22)26/h2-9,17H,10-12H2,1H3/t17-/m1/s1. The second kappa shape index (κ2) is 7.38. The normalized spacial score (nSPS) is 17.5. The minimum Gasteiger partial charge on any atom is -0.475 e.